The summed E-state index contributed by atoms with van der Waals surface area (Å²) in [4.78, 5) is 12.5. The summed E-state index contributed by atoms with van der Waals surface area (Å²) in [5, 5.41) is 17.6. The van der Waals surface area contributed by atoms with Crippen molar-refractivity contribution in [3.05, 3.63) is 22.4 Å². The molecule has 0 aromatic carbocycles. The molecule has 108 valence electrons. The van der Waals surface area contributed by atoms with Crippen molar-refractivity contribution in [2.45, 2.75) is 31.9 Å². The van der Waals surface area contributed by atoms with Crippen LogP contribution in [0.2, 0.25) is 0 Å². The maximum Gasteiger partial charge on any atom is 0.315 e. The molecule has 1 aromatic heterocycles. The number of urea groups is 1. The molecule has 0 radical (unpaired) electrons. The van der Waals surface area contributed by atoms with Crippen LogP contribution < -0.4 is 10.6 Å². The van der Waals surface area contributed by atoms with Crippen molar-refractivity contribution in [3.63, 3.8) is 0 Å². The van der Waals surface area contributed by atoms with E-state index < -0.39 is 5.60 Å². The summed E-state index contributed by atoms with van der Waals surface area (Å²) in [6.07, 6.45) is 0.755. The summed E-state index contributed by atoms with van der Waals surface area (Å²) in [6, 6.07) is 3.49. The van der Waals surface area contributed by atoms with Gasteiger partial charge in [-0.25, -0.2) is 4.79 Å². The lowest BCUT2D eigenvalue weighted by molar-refractivity contribution is 0.0629. The second-order valence-corrected chi connectivity index (χ2v) is 5.71. The van der Waals surface area contributed by atoms with Crippen LogP contribution in [0.15, 0.2) is 17.5 Å². The fraction of sp³-hybridized carbons (Fsp3) is 0.615. The quantitative estimate of drug-likeness (QED) is 0.714. The Morgan fingerprint density at radius 1 is 1.63 bits per heavy atom. The van der Waals surface area contributed by atoms with E-state index in [4.69, 9.17) is 4.74 Å². The number of rotatable bonds is 7. The first-order valence-electron chi connectivity index (χ1n) is 6.25. The van der Waals surface area contributed by atoms with Crippen molar-refractivity contribution >= 4 is 17.4 Å². The van der Waals surface area contributed by atoms with E-state index in [9.17, 15) is 9.90 Å². The molecule has 0 aliphatic heterocycles. The molecule has 5 nitrogen and oxygen atoms in total. The van der Waals surface area contributed by atoms with Gasteiger partial charge < -0.3 is 20.5 Å². The molecular formula is C13H22N2O3S. The number of carbonyl (C=O) groups excluding carboxylic acids is 1. The second-order valence-electron chi connectivity index (χ2n) is 4.76. The summed E-state index contributed by atoms with van der Waals surface area (Å²) in [7, 11) is 1.63. The van der Waals surface area contributed by atoms with E-state index in [1.165, 1.54) is 11.3 Å². The van der Waals surface area contributed by atoms with Crippen molar-refractivity contribution in [1.82, 2.24) is 10.6 Å². The molecule has 2 atom stereocenters. The second kappa shape index (κ2) is 7.47. The van der Waals surface area contributed by atoms with Crippen LogP contribution in [0.1, 0.15) is 25.1 Å². The zero-order valence-electron chi connectivity index (χ0n) is 11.6. The van der Waals surface area contributed by atoms with Crippen LogP contribution in [0.25, 0.3) is 0 Å². The van der Waals surface area contributed by atoms with Gasteiger partial charge in [-0.05, 0) is 31.7 Å². The van der Waals surface area contributed by atoms with Gasteiger partial charge in [-0.15, -0.1) is 11.3 Å². The topological polar surface area (TPSA) is 70.6 Å². The molecule has 0 aliphatic carbocycles. The van der Waals surface area contributed by atoms with Crippen molar-refractivity contribution in [3.8, 4) is 0 Å². The van der Waals surface area contributed by atoms with Gasteiger partial charge in [0.05, 0.1) is 6.54 Å². The molecule has 19 heavy (non-hydrogen) atoms. The monoisotopic (exact) mass is 286 g/mol. The average Bonchev–Trinajstić information content (AvgIpc) is 2.88. The van der Waals surface area contributed by atoms with Gasteiger partial charge in [0.25, 0.3) is 0 Å². The number of methoxy groups -OCH3 is 1. The third-order valence-electron chi connectivity index (χ3n) is 2.78. The first kappa shape index (κ1) is 15.9. The third-order valence-corrected chi connectivity index (χ3v) is 3.90. The number of ether oxygens (including phenoxy) is 1. The minimum absolute atomic E-state index is 0.0339. The normalized spacial score (nSPS) is 15.6. The largest absolute Gasteiger partial charge is 0.385 e. The number of aliphatic hydroxyl groups is 1. The molecule has 1 aromatic rings. The Hall–Kier alpha value is -1.11. The van der Waals surface area contributed by atoms with Gasteiger partial charge in [-0.2, -0.15) is 0 Å². The lowest BCUT2D eigenvalue weighted by atomic mass is 10.1. The molecule has 6 heteroatoms. The molecule has 0 fully saturated rings. The summed E-state index contributed by atoms with van der Waals surface area (Å²) in [5.74, 6) is 0. The van der Waals surface area contributed by atoms with Crippen LogP contribution in [-0.2, 0) is 10.3 Å². The highest BCUT2D eigenvalue weighted by Crippen LogP contribution is 2.24. The van der Waals surface area contributed by atoms with E-state index in [1.807, 2.05) is 24.4 Å². The first-order valence-corrected chi connectivity index (χ1v) is 7.13. The van der Waals surface area contributed by atoms with Gasteiger partial charge in [-0.3, -0.25) is 0 Å². The van der Waals surface area contributed by atoms with Gasteiger partial charge in [0, 0.05) is 24.6 Å². The van der Waals surface area contributed by atoms with Gasteiger partial charge in [-0.1, -0.05) is 6.07 Å². The lowest BCUT2D eigenvalue weighted by Crippen LogP contribution is -2.46. The predicted octanol–water partition coefficient (Wildman–Crippen LogP) is 1.68. The van der Waals surface area contributed by atoms with E-state index >= 15 is 0 Å². The van der Waals surface area contributed by atoms with Gasteiger partial charge >= 0.3 is 6.03 Å². The average molecular weight is 286 g/mol. The highest BCUT2D eigenvalue weighted by molar-refractivity contribution is 7.10. The van der Waals surface area contributed by atoms with Gasteiger partial charge in [0.1, 0.15) is 5.60 Å². The van der Waals surface area contributed by atoms with Crippen molar-refractivity contribution < 1.29 is 14.6 Å². The first-order chi connectivity index (χ1) is 8.95. The van der Waals surface area contributed by atoms with Crippen LogP contribution in [0.5, 0.6) is 0 Å². The molecule has 1 heterocycles. The van der Waals surface area contributed by atoms with E-state index in [0.29, 0.717) is 6.61 Å². The Morgan fingerprint density at radius 2 is 2.37 bits per heavy atom. The molecule has 0 unspecified atom stereocenters. The fourth-order valence-corrected chi connectivity index (χ4v) is 2.35. The number of carbonyl (C=O) groups is 1. The predicted molar refractivity (Wildman–Crippen MR) is 76.4 cm³/mol. The van der Waals surface area contributed by atoms with E-state index in [0.717, 1.165) is 11.3 Å². The fourth-order valence-electron chi connectivity index (χ4n) is 1.57. The molecule has 0 saturated carbocycles. The Balaban J connectivity index is 2.34. The molecule has 0 aliphatic rings. The standard InChI is InChI=1S/C13H22N2O3S/c1-10(6-7-18-3)15-12(16)14-9-13(2,17)11-5-4-8-19-11/h4-5,8,10,17H,6-7,9H2,1-3H3,(H2,14,15,16)/t10-,13-/m1/s1. The zero-order valence-corrected chi connectivity index (χ0v) is 12.4. The number of hydrogen-bond acceptors (Lipinski definition) is 4. The van der Waals surface area contributed by atoms with E-state index in [-0.39, 0.29) is 18.6 Å². The summed E-state index contributed by atoms with van der Waals surface area (Å²) in [6.45, 7) is 4.38. The minimum Gasteiger partial charge on any atom is -0.385 e. The Bertz CT molecular complexity index is 379. The van der Waals surface area contributed by atoms with Crippen LogP contribution in [0.4, 0.5) is 4.79 Å². The number of thiophene rings is 1. The third kappa shape index (κ3) is 5.59. The number of nitrogens with one attached hydrogen (secondary N) is 2. The van der Waals surface area contributed by atoms with Crippen LogP contribution >= 0.6 is 11.3 Å². The number of hydrogen-bond donors (Lipinski definition) is 3. The Morgan fingerprint density at radius 3 is 2.95 bits per heavy atom. The number of amides is 2. The molecule has 3 N–H and O–H groups in total. The van der Waals surface area contributed by atoms with Crippen molar-refractivity contribution in [1.29, 1.82) is 0 Å². The summed E-state index contributed by atoms with van der Waals surface area (Å²) >= 11 is 1.47. The molecule has 1 rings (SSSR count). The molecule has 0 bridgehead atoms. The highest BCUT2D eigenvalue weighted by atomic mass is 32.1. The molecule has 0 spiro atoms. The van der Waals surface area contributed by atoms with Crippen molar-refractivity contribution in [2.24, 2.45) is 0 Å². The van der Waals surface area contributed by atoms with Gasteiger partial charge in [0.15, 0.2) is 0 Å². The molecule has 0 saturated heterocycles. The van der Waals surface area contributed by atoms with E-state index in [2.05, 4.69) is 10.6 Å². The van der Waals surface area contributed by atoms with Crippen LogP contribution in [0, 0.1) is 0 Å². The maximum absolute atomic E-state index is 11.7. The summed E-state index contributed by atoms with van der Waals surface area (Å²) < 4.78 is 4.95. The van der Waals surface area contributed by atoms with Crippen LogP contribution in [-0.4, -0.2) is 37.4 Å². The van der Waals surface area contributed by atoms with Crippen molar-refractivity contribution in [2.75, 3.05) is 20.3 Å². The Labute approximate surface area is 118 Å². The van der Waals surface area contributed by atoms with Gasteiger partial charge in [0.2, 0.25) is 0 Å². The maximum atomic E-state index is 11.7. The highest BCUT2D eigenvalue weighted by Gasteiger charge is 2.24. The molecule has 2 amide bonds. The minimum atomic E-state index is -1.04. The molecular weight excluding hydrogens is 264 g/mol. The van der Waals surface area contributed by atoms with Crippen LogP contribution in [0.3, 0.4) is 0 Å². The zero-order chi connectivity index (χ0) is 14.3. The lowest BCUT2D eigenvalue weighted by Gasteiger charge is -2.23. The smallest absolute Gasteiger partial charge is 0.315 e. The Kier molecular flexibility index (Phi) is 6.27. The van der Waals surface area contributed by atoms with E-state index in [1.54, 1.807) is 14.0 Å². The summed E-state index contributed by atoms with van der Waals surface area (Å²) in [5.41, 5.74) is -1.04. The SMILES string of the molecule is COCC[C@@H](C)NC(=O)NC[C@@](C)(O)c1cccs1.